The van der Waals surface area contributed by atoms with E-state index in [9.17, 15) is 43.9 Å². The van der Waals surface area contributed by atoms with E-state index in [-0.39, 0.29) is 0 Å². The van der Waals surface area contributed by atoms with Gasteiger partial charge in [-0.2, -0.15) is 39.5 Å². The number of hydrogen-bond donors (Lipinski definition) is 2. The Labute approximate surface area is 108 Å². The van der Waals surface area contributed by atoms with E-state index in [0.29, 0.717) is 0 Å². The van der Waals surface area contributed by atoms with Gasteiger partial charge in [-0.1, -0.05) is 0 Å². The highest BCUT2D eigenvalue weighted by Gasteiger charge is 2.53. The first-order valence-electron chi connectivity index (χ1n) is 4.59. The van der Waals surface area contributed by atoms with E-state index in [1.54, 1.807) is 0 Å². The third-order valence-electron chi connectivity index (χ3n) is 2.24. The van der Waals surface area contributed by atoms with Crippen molar-refractivity contribution in [2.24, 2.45) is 0 Å². The molecular formula is C9H2F10O2. The molecule has 0 radical (unpaired) electrons. The lowest BCUT2D eigenvalue weighted by Gasteiger charge is -2.21. The molecule has 0 heterocycles. The Bertz CT molecular complexity index is 566. The molecule has 12 heteroatoms. The molecule has 0 amide bonds. The van der Waals surface area contributed by atoms with Crippen LogP contribution >= 0.6 is 0 Å². The van der Waals surface area contributed by atoms with Crippen molar-refractivity contribution in [3.05, 3.63) is 22.5 Å². The van der Waals surface area contributed by atoms with Gasteiger partial charge >= 0.3 is 18.5 Å². The van der Waals surface area contributed by atoms with Crippen LogP contribution in [0.25, 0.3) is 0 Å². The monoisotopic (exact) mass is 332 g/mol. The van der Waals surface area contributed by atoms with Crippen molar-refractivity contribution in [3.63, 3.8) is 0 Å². The highest BCUT2D eigenvalue weighted by atomic mass is 19.4. The quantitative estimate of drug-likeness (QED) is 0.550. The largest absolute Gasteiger partial charge is 0.507 e. The summed E-state index contributed by atoms with van der Waals surface area (Å²) >= 11 is 0. The molecule has 1 aromatic rings. The second-order valence-corrected chi connectivity index (χ2v) is 3.63. The van der Waals surface area contributed by atoms with E-state index in [2.05, 4.69) is 0 Å². The molecule has 1 rings (SSSR count). The summed E-state index contributed by atoms with van der Waals surface area (Å²) in [4.78, 5) is 0. The van der Waals surface area contributed by atoms with E-state index >= 15 is 0 Å². The van der Waals surface area contributed by atoms with Gasteiger partial charge in [0, 0.05) is 0 Å². The summed E-state index contributed by atoms with van der Waals surface area (Å²) in [5.74, 6) is -8.96. The lowest BCUT2D eigenvalue weighted by atomic mass is 9.98. The minimum atomic E-state index is -6.12. The van der Waals surface area contributed by atoms with E-state index in [0.717, 1.165) is 0 Å². The zero-order valence-electron chi connectivity index (χ0n) is 9.17. The highest BCUT2D eigenvalue weighted by molar-refractivity contribution is 5.57. The number of phenols is 2. The summed E-state index contributed by atoms with van der Waals surface area (Å²) < 4.78 is 125. The van der Waals surface area contributed by atoms with Crippen molar-refractivity contribution >= 4 is 0 Å². The summed E-state index contributed by atoms with van der Waals surface area (Å²) in [6, 6.07) is 0. The molecule has 0 unspecified atom stereocenters. The third-order valence-corrected chi connectivity index (χ3v) is 2.24. The van der Waals surface area contributed by atoms with Gasteiger partial charge in [0.2, 0.25) is 0 Å². The molecular weight excluding hydrogens is 330 g/mol. The van der Waals surface area contributed by atoms with Gasteiger partial charge in [0.1, 0.15) is 22.4 Å². The Morgan fingerprint density at radius 3 is 1.10 bits per heavy atom. The van der Waals surface area contributed by atoms with Gasteiger partial charge in [-0.25, -0.2) is 4.39 Å². The number of aromatic hydroxyl groups is 2. The Kier molecular flexibility index (Phi) is 3.73. The lowest BCUT2D eigenvalue weighted by Crippen LogP contribution is -2.21. The molecule has 0 atom stereocenters. The highest BCUT2D eigenvalue weighted by Crippen LogP contribution is 2.53. The van der Waals surface area contributed by atoms with Crippen molar-refractivity contribution in [1.82, 2.24) is 0 Å². The summed E-state index contributed by atoms with van der Waals surface area (Å²) in [5, 5.41) is 17.6. The average molecular weight is 332 g/mol. The topological polar surface area (TPSA) is 40.5 Å². The van der Waals surface area contributed by atoms with E-state index in [1.807, 2.05) is 0 Å². The Morgan fingerprint density at radius 1 is 0.524 bits per heavy atom. The fourth-order valence-corrected chi connectivity index (χ4v) is 1.50. The Morgan fingerprint density at radius 2 is 0.810 bits per heavy atom. The van der Waals surface area contributed by atoms with Crippen LogP contribution in [0.2, 0.25) is 0 Å². The van der Waals surface area contributed by atoms with Crippen LogP contribution in [0.1, 0.15) is 16.7 Å². The standard InChI is InChI=1S/C9H2F10O2/c10-4-3(9(17,18)19)5(20)1(7(11,12)13)2(6(4)21)8(14,15)16/h20-21H. The van der Waals surface area contributed by atoms with Gasteiger partial charge in [-0.3, -0.25) is 0 Å². The molecule has 0 aliphatic carbocycles. The first-order valence-corrected chi connectivity index (χ1v) is 4.59. The van der Waals surface area contributed by atoms with Crippen LogP contribution in [-0.4, -0.2) is 10.2 Å². The van der Waals surface area contributed by atoms with Gasteiger partial charge in [0.05, 0.1) is 0 Å². The second-order valence-electron chi connectivity index (χ2n) is 3.63. The Balaban J connectivity index is 4.05. The summed E-state index contributed by atoms with van der Waals surface area (Å²) in [6.07, 6.45) is -18.1. The molecule has 0 spiro atoms. The normalized spacial score (nSPS) is 13.6. The number of benzene rings is 1. The predicted molar refractivity (Wildman–Crippen MR) is 44.7 cm³/mol. The molecule has 2 nitrogen and oxygen atoms in total. The fraction of sp³-hybridized carbons (Fsp3) is 0.333. The second kappa shape index (κ2) is 4.56. The van der Waals surface area contributed by atoms with E-state index in [1.165, 1.54) is 0 Å². The van der Waals surface area contributed by atoms with Crippen molar-refractivity contribution < 1.29 is 54.1 Å². The molecule has 0 saturated heterocycles. The van der Waals surface area contributed by atoms with Gasteiger partial charge in [-0.15, -0.1) is 0 Å². The molecule has 21 heavy (non-hydrogen) atoms. The molecule has 0 aromatic heterocycles. The van der Waals surface area contributed by atoms with Crippen LogP contribution < -0.4 is 0 Å². The van der Waals surface area contributed by atoms with Crippen LogP contribution in [0, 0.1) is 5.82 Å². The van der Waals surface area contributed by atoms with Crippen molar-refractivity contribution in [1.29, 1.82) is 0 Å². The van der Waals surface area contributed by atoms with Crippen molar-refractivity contribution in [3.8, 4) is 11.5 Å². The molecule has 0 fully saturated rings. The van der Waals surface area contributed by atoms with Gasteiger partial charge < -0.3 is 10.2 Å². The maximum atomic E-state index is 13.1. The molecule has 0 saturated carbocycles. The third kappa shape index (κ3) is 2.93. The zero-order valence-corrected chi connectivity index (χ0v) is 9.17. The number of hydrogen-bond acceptors (Lipinski definition) is 2. The molecule has 1 aromatic carbocycles. The number of phenolic OH excluding ortho intramolecular Hbond substituents is 2. The molecule has 2 N–H and O–H groups in total. The maximum Gasteiger partial charge on any atom is 0.422 e. The van der Waals surface area contributed by atoms with Gasteiger partial charge in [-0.05, 0) is 0 Å². The van der Waals surface area contributed by atoms with Crippen LogP contribution in [-0.2, 0) is 18.5 Å². The maximum absolute atomic E-state index is 13.1. The number of halogens is 10. The van der Waals surface area contributed by atoms with Crippen molar-refractivity contribution in [2.45, 2.75) is 18.5 Å². The van der Waals surface area contributed by atoms with Crippen LogP contribution in [0.4, 0.5) is 43.9 Å². The number of alkyl halides is 9. The summed E-state index contributed by atoms with van der Waals surface area (Å²) in [7, 11) is 0. The van der Waals surface area contributed by atoms with E-state index < -0.39 is 52.5 Å². The van der Waals surface area contributed by atoms with Crippen molar-refractivity contribution in [2.75, 3.05) is 0 Å². The minimum absolute atomic E-state index is 2.90. The van der Waals surface area contributed by atoms with Crippen LogP contribution in [0.15, 0.2) is 0 Å². The lowest BCUT2D eigenvalue weighted by molar-refractivity contribution is -0.166. The smallest absolute Gasteiger partial charge is 0.422 e. The van der Waals surface area contributed by atoms with E-state index in [4.69, 9.17) is 10.2 Å². The molecule has 0 aliphatic rings. The van der Waals surface area contributed by atoms with Crippen LogP contribution in [0.5, 0.6) is 11.5 Å². The van der Waals surface area contributed by atoms with Gasteiger partial charge in [0.25, 0.3) is 0 Å². The molecule has 120 valence electrons. The predicted octanol–water partition coefficient (Wildman–Crippen LogP) is 4.29. The van der Waals surface area contributed by atoms with Gasteiger partial charge in [0.15, 0.2) is 11.6 Å². The number of rotatable bonds is 0. The summed E-state index contributed by atoms with van der Waals surface area (Å²) in [5.41, 5.74) is -9.40. The average Bonchev–Trinajstić information content (AvgIpc) is 2.17. The molecule has 0 aliphatic heterocycles. The SMILES string of the molecule is Oc1c(F)c(C(F)(F)F)c(O)c(C(F)(F)F)c1C(F)(F)F. The Hall–Kier alpha value is -1.88. The minimum Gasteiger partial charge on any atom is -0.507 e. The first kappa shape index (κ1) is 17.2. The first-order chi connectivity index (χ1) is 9.10. The fourth-order valence-electron chi connectivity index (χ4n) is 1.50. The molecule has 0 bridgehead atoms. The van der Waals surface area contributed by atoms with Crippen LogP contribution in [0.3, 0.4) is 0 Å². The summed E-state index contributed by atoms with van der Waals surface area (Å²) in [6.45, 7) is 0. The zero-order chi connectivity index (χ0) is 17.0.